The van der Waals surface area contributed by atoms with E-state index in [1.807, 2.05) is 18.2 Å². The maximum absolute atomic E-state index is 10.5. The van der Waals surface area contributed by atoms with Crippen molar-refractivity contribution < 1.29 is 19.4 Å². The van der Waals surface area contributed by atoms with Crippen molar-refractivity contribution in [3.05, 3.63) is 29.3 Å². The second-order valence-corrected chi connectivity index (χ2v) is 3.68. The molecule has 0 aliphatic rings. The summed E-state index contributed by atoms with van der Waals surface area (Å²) in [6, 6.07) is 5.45. The van der Waals surface area contributed by atoms with Crippen molar-refractivity contribution in [1.82, 2.24) is 0 Å². The van der Waals surface area contributed by atoms with Gasteiger partial charge in [0.25, 0.3) is 0 Å². The Morgan fingerprint density at radius 3 is 2.47 bits per heavy atom. The summed E-state index contributed by atoms with van der Waals surface area (Å²) >= 11 is 0. The predicted octanol–water partition coefficient (Wildman–Crippen LogP) is 2.58. The lowest BCUT2D eigenvalue weighted by molar-refractivity contribution is -0.136. The van der Waals surface area contributed by atoms with Gasteiger partial charge in [-0.25, -0.2) is 0 Å². The van der Waals surface area contributed by atoms with E-state index >= 15 is 0 Å². The Labute approximate surface area is 100 Å². The topological polar surface area (TPSA) is 55.8 Å². The minimum absolute atomic E-state index is 0.0361. The number of rotatable bonds is 5. The molecule has 0 spiro atoms. The van der Waals surface area contributed by atoms with Crippen molar-refractivity contribution in [2.24, 2.45) is 0 Å². The molecule has 0 amide bonds. The van der Waals surface area contributed by atoms with Crippen LogP contribution in [-0.2, 0) is 4.79 Å². The molecule has 0 aromatic heterocycles. The van der Waals surface area contributed by atoms with E-state index in [2.05, 4.69) is 0 Å². The van der Waals surface area contributed by atoms with Gasteiger partial charge in [0.2, 0.25) is 0 Å². The lowest BCUT2D eigenvalue weighted by Crippen LogP contribution is -1.95. The molecular formula is C13H16O4. The van der Waals surface area contributed by atoms with Crippen LogP contribution >= 0.6 is 0 Å². The highest BCUT2D eigenvalue weighted by atomic mass is 16.5. The number of aliphatic carboxylic acids is 1. The average molecular weight is 236 g/mol. The summed E-state index contributed by atoms with van der Waals surface area (Å²) in [4.78, 5) is 10.5. The van der Waals surface area contributed by atoms with Gasteiger partial charge in [-0.3, -0.25) is 4.79 Å². The number of carbonyl (C=O) groups is 1. The van der Waals surface area contributed by atoms with Gasteiger partial charge >= 0.3 is 5.97 Å². The van der Waals surface area contributed by atoms with Gasteiger partial charge in [-0.1, -0.05) is 17.7 Å². The van der Waals surface area contributed by atoms with E-state index in [1.165, 1.54) is 0 Å². The third-order valence-corrected chi connectivity index (χ3v) is 2.25. The van der Waals surface area contributed by atoms with Crippen LogP contribution in [0.5, 0.6) is 11.5 Å². The Hall–Kier alpha value is -1.97. The molecule has 0 radical (unpaired) electrons. The molecule has 0 aliphatic heterocycles. The fourth-order valence-corrected chi connectivity index (χ4v) is 1.52. The maximum atomic E-state index is 10.5. The zero-order valence-electron chi connectivity index (χ0n) is 10.2. The first-order valence-corrected chi connectivity index (χ1v) is 5.17. The molecule has 0 saturated carbocycles. The molecule has 4 nitrogen and oxygen atoms in total. The first kappa shape index (κ1) is 13.1. The van der Waals surface area contributed by atoms with Crippen molar-refractivity contribution >= 4 is 12.0 Å². The molecule has 0 saturated heterocycles. The van der Waals surface area contributed by atoms with Crippen LogP contribution in [0.3, 0.4) is 0 Å². The van der Waals surface area contributed by atoms with Gasteiger partial charge < -0.3 is 14.6 Å². The minimum Gasteiger partial charge on any atom is -0.493 e. The molecule has 0 bridgehead atoms. The normalized spacial score (nSPS) is 11.1. The molecule has 17 heavy (non-hydrogen) atoms. The van der Waals surface area contributed by atoms with Crippen molar-refractivity contribution in [1.29, 1.82) is 0 Å². The molecule has 92 valence electrons. The third-order valence-electron chi connectivity index (χ3n) is 2.25. The summed E-state index contributed by atoms with van der Waals surface area (Å²) in [7, 11) is 3.14. The SMILES string of the molecule is COc1ccc(/C=C(\C)CC(=O)O)cc1OC. The Bertz CT molecular complexity index is 435. The number of hydrogen-bond acceptors (Lipinski definition) is 3. The zero-order chi connectivity index (χ0) is 12.8. The van der Waals surface area contributed by atoms with Crippen molar-refractivity contribution in [3.63, 3.8) is 0 Å². The van der Waals surface area contributed by atoms with Crippen LogP contribution in [0.1, 0.15) is 18.9 Å². The van der Waals surface area contributed by atoms with Gasteiger partial charge in [-0.05, 0) is 24.6 Å². The minimum atomic E-state index is -0.834. The smallest absolute Gasteiger partial charge is 0.307 e. The molecule has 0 aliphatic carbocycles. The maximum Gasteiger partial charge on any atom is 0.307 e. The van der Waals surface area contributed by atoms with E-state index in [1.54, 1.807) is 27.2 Å². The van der Waals surface area contributed by atoms with Crippen LogP contribution in [-0.4, -0.2) is 25.3 Å². The summed E-state index contributed by atoms with van der Waals surface area (Å²) in [6.07, 6.45) is 1.85. The third kappa shape index (κ3) is 3.83. The van der Waals surface area contributed by atoms with Crippen LogP contribution in [0.4, 0.5) is 0 Å². The van der Waals surface area contributed by atoms with Gasteiger partial charge in [0, 0.05) is 0 Å². The van der Waals surface area contributed by atoms with Crippen molar-refractivity contribution in [2.45, 2.75) is 13.3 Å². The second-order valence-electron chi connectivity index (χ2n) is 3.68. The molecule has 1 aromatic rings. The van der Waals surface area contributed by atoms with E-state index in [0.717, 1.165) is 11.1 Å². The molecule has 4 heteroatoms. The fourth-order valence-electron chi connectivity index (χ4n) is 1.52. The monoisotopic (exact) mass is 236 g/mol. The van der Waals surface area contributed by atoms with Crippen LogP contribution < -0.4 is 9.47 Å². The number of hydrogen-bond donors (Lipinski definition) is 1. The number of benzene rings is 1. The van der Waals surface area contributed by atoms with Gasteiger partial charge in [0.05, 0.1) is 20.6 Å². The molecular weight excluding hydrogens is 220 g/mol. The Kier molecular flexibility index (Phi) is 4.57. The number of methoxy groups -OCH3 is 2. The average Bonchev–Trinajstić information content (AvgIpc) is 2.27. The lowest BCUT2D eigenvalue weighted by Gasteiger charge is -2.08. The van der Waals surface area contributed by atoms with E-state index < -0.39 is 5.97 Å². The van der Waals surface area contributed by atoms with E-state index in [0.29, 0.717) is 11.5 Å². The van der Waals surface area contributed by atoms with Crippen LogP contribution in [0, 0.1) is 0 Å². The van der Waals surface area contributed by atoms with Gasteiger partial charge in [-0.2, -0.15) is 0 Å². The summed E-state index contributed by atoms with van der Waals surface area (Å²) in [5, 5.41) is 8.66. The largest absolute Gasteiger partial charge is 0.493 e. The summed E-state index contributed by atoms with van der Waals surface area (Å²) in [5.74, 6) is 0.448. The highest BCUT2D eigenvalue weighted by molar-refractivity contribution is 5.72. The Morgan fingerprint density at radius 2 is 1.94 bits per heavy atom. The fraction of sp³-hybridized carbons (Fsp3) is 0.308. The standard InChI is InChI=1S/C13H16O4/c1-9(7-13(14)15)6-10-4-5-11(16-2)12(8-10)17-3/h4-6,8H,7H2,1-3H3,(H,14,15)/b9-6+. The van der Waals surface area contributed by atoms with E-state index in [4.69, 9.17) is 14.6 Å². The second kappa shape index (κ2) is 5.94. The van der Waals surface area contributed by atoms with Crippen molar-refractivity contribution in [3.8, 4) is 11.5 Å². The first-order valence-electron chi connectivity index (χ1n) is 5.17. The molecule has 0 atom stereocenters. The quantitative estimate of drug-likeness (QED) is 0.853. The number of carboxylic acids is 1. The molecule has 1 rings (SSSR count). The van der Waals surface area contributed by atoms with Crippen LogP contribution in [0.2, 0.25) is 0 Å². The van der Waals surface area contributed by atoms with Crippen molar-refractivity contribution in [2.75, 3.05) is 14.2 Å². The molecule has 0 fully saturated rings. The number of carboxylic acid groups (broad SMARTS) is 1. The lowest BCUT2D eigenvalue weighted by atomic mass is 10.1. The predicted molar refractivity (Wildman–Crippen MR) is 65.4 cm³/mol. The van der Waals surface area contributed by atoms with Crippen LogP contribution in [0.25, 0.3) is 6.08 Å². The molecule has 1 aromatic carbocycles. The zero-order valence-corrected chi connectivity index (χ0v) is 10.2. The molecule has 0 heterocycles. The highest BCUT2D eigenvalue weighted by Crippen LogP contribution is 2.28. The summed E-state index contributed by atoms with van der Waals surface area (Å²) in [6.45, 7) is 1.78. The summed E-state index contributed by atoms with van der Waals surface area (Å²) < 4.78 is 10.3. The van der Waals surface area contributed by atoms with Crippen LogP contribution in [0.15, 0.2) is 23.8 Å². The molecule has 1 N–H and O–H groups in total. The van der Waals surface area contributed by atoms with Gasteiger partial charge in [-0.15, -0.1) is 0 Å². The summed E-state index contributed by atoms with van der Waals surface area (Å²) in [5.41, 5.74) is 1.67. The van der Waals surface area contributed by atoms with Gasteiger partial charge in [0.15, 0.2) is 11.5 Å². The highest BCUT2D eigenvalue weighted by Gasteiger charge is 2.04. The van der Waals surface area contributed by atoms with Gasteiger partial charge in [0.1, 0.15) is 0 Å². The Morgan fingerprint density at radius 1 is 1.29 bits per heavy atom. The Balaban J connectivity index is 2.96. The van der Waals surface area contributed by atoms with E-state index in [-0.39, 0.29) is 6.42 Å². The van der Waals surface area contributed by atoms with E-state index in [9.17, 15) is 4.79 Å². The number of ether oxygens (including phenoxy) is 2. The molecule has 0 unspecified atom stereocenters. The first-order chi connectivity index (χ1) is 8.06.